The van der Waals surface area contributed by atoms with Crippen LogP contribution in [0.4, 0.5) is 17.1 Å². The highest BCUT2D eigenvalue weighted by molar-refractivity contribution is 6.37. The molecule has 0 radical (unpaired) electrons. The number of piperazine rings is 1. The molecular formula is C30H30N6O2. The molecule has 2 amide bonds. The molecule has 38 heavy (non-hydrogen) atoms. The van der Waals surface area contributed by atoms with E-state index in [1.807, 2.05) is 54.6 Å². The van der Waals surface area contributed by atoms with E-state index in [1.54, 1.807) is 30.1 Å². The molecular weight excluding hydrogens is 476 g/mol. The fourth-order valence-electron chi connectivity index (χ4n) is 4.76. The molecule has 5 rings (SSSR count). The van der Waals surface area contributed by atoms with Crippen LogP contribution in [0.1, 0.15) is 16.7 Å². The number of anilines is 3. The van der Waals surface area contributed by atoms with Crippen LogP contribution < -0.4 is 15.5 Å². The number of benzene rings is 3. The van der Waals surface area contributed by atoms with Gasteiger partial charge in [0.15, 0.2) is 0 Å². The van der Waals surface area contributed by atoms with Gasteiger partial charge in [0.1, 0.15) is 0 Å². The molecule has 0 saturated carbocycles. The third-order valence-electron chi connectivity index (χ3n) is 7.04. The summed E-state index contributed by atoms with van der Waals surface area (Å²) in [6.07, 6.45) is 0. The van der Waals surface area contributed by atoms with Crippen LogP contribution in [0.5, 0.6) is 0 Å². The molecule has 2 aliphatic heterocycles. The van der Waals surface area contributed by atoms with E-state index in [0.29, 0.717) is 29.1 Å². The highest BCUT2D eigenvalue weighted by Gasteiger charge is 2.29. The minimum atomic E-state index is -0.239. The molecule has 1 fully saturated rings. The number of nitrogens with zero attached hydrogens (tertiary/aromatic N) is 4. The number of amides is 2. The van der Waals surface area contributed by atoms with Gasteiger partial charge in [-0.05, 0) is 42.9 Å². The van der Waals surface area contributed by atoms with Gasteiger partial charge < -0.3 is 20.4 Å². The summed E-state index contributed by atoms with van der Waals surface area (Å²) < 4.78 is 0. The second kappa shape index (κ2) is 10.9. The Labute approximate surface area is 222 Å². The number of likely N-dealkylation sites (N-methyl/N-ethyl adjacent to an activating group) is 2. The molecule has 0 unspecified atom stereocenters. The van der Waals surface area contributed by atoms with Gasteiger partial charge in [0.05, 0.1) is 35.1 Å². The average molecular weight is 507 g/mol. The van der Waals surface area contributed by atoms with Gasteiger partial charge in [0.25, 0.3) is 5.91 Å². The van der Waals surface area contributed by atoms with Crippen LogP contribution in [-0.2, 0) is 9.59 Å². The maximum Gasteiger partial charge on any atom is 0.258 e. The molecule has 0 spiro atoms. The predicted octanol–water partition coefficient (Wildman–Crippen LogP) is 3.70. The topological polar surface area (TPSA) is 91.7 Å². The molecule has 2 N–H and O–H groups in total. The van der Waals surface area contributed by atoms with Crippen molar-refractivity contribution in [3.8, 4) is 6.07 Å². The minimum Gasteiger partial charge on any atom is -0.354 e. The molecule has 8 heteroatoms. The van der Waals surface area contributed by atoms with Gasteiger partial charge in [-0.25, -0.2) is 0 Å². The lowest BCUT2D eigenvalue weighted by atomic mass is 9.99. The number of nitrogens with one attached hydrogen (secondary N) is 2. The highest BCUT2D eigenvalue weighted by atomic mass is 16.2. The summed E-state index contributed by atoms with van der Waals surface area (Å²) in [6, 6.07) is 24.6. The summed E-state index contributed by atoms with van der Waals surface area (Å²) in [4.78, 5) is 32.3. The van der Waals surface area contributed by atoms with E-state index in [4.69, 9.17) is 0 Å². The zero-order valence-electron chi connectivity index (χ0n) is 21.6. The first kappa shape index (κ1) is 25.2. The van der Waals surface area contributed by atoms with Gasteiger partial charge >= 0.3 is 0 Å². The Hall–Kier alpha value is -4.45. The lowest BCUT2D eigenvalue weighted by Crippen LogP contribution is -2.48. The smallest absolute Gasteiger partial charge is 0.258 e. The zero-order chi connectivity index (χ0) is 26.6. The fraction of sp³-hybridized carbons (Fsp3) is 0.233. The van der Waals surface area contributed by atoms with Gasteiger partial charge in [-0.2, -0.15) is 5.26 Å². The number of hydrogen-bond acceptors (Lipinski definition) is 6. The summed E-state index contributed by atoms with van der Waals surface area (Å²) in [7, 11) is 3.89. The summed E-state index contributed by atoms with van der Waals surface area (Å²) in [6.45, 7) is 4.06. The van der Waals surface area contributed by atoms with Crippen molar-refractivity contribution in [3.63, 3.8) is 0 Å². The van der Waals surface area contributed by atoms with Crippen molar-refractivity contribution in [1.82, 2.24) is 9.80 Å². The molecule has 8 nitrogen and oxygen atoms in total. The summed E-state index contributed by atoms with van der Waals surface area (Å²) in [5.74, 6) is -0.206. The van der Waals surface area contributed by atoms with Gasteiger partial charge in [0, 0.05) is 50.2 Å². The Morgan fingerprint density at radius 2 is 1.79 bits per heavy atom. The van der Waals surface area contributed by atoms with Crippen LogP contribution in [0.25, 0.3) is 11.3 Å². The molecule has 3 aromatic rings. The van der Waals surface area contributed by atoms with Gasteiger partial charge in [-0.1, -0.05) is 42.5 Å². The first-order valence-corrected chi connectivity index (χ1v) is 12.6. The minimum absolute atomic E-state index is 0.0331. The predicted molar refractivity (Wildman–Crippen MR) is 150 cm³/mol. The standard InChI is InChI=1S/C30H30N6O2/c1-34-13-15-36(16-14-34)20-27(37)35(2)24-10-6-9-23(18-24)32-29(22-7-4-3-5-8-22)28-25-12-11-21(19-31)17-26(25)33-30(28)38/h3-12,17-18,32H,13-16,20H2,1-2H3,(H,33,38)/b29-28-. The molecule has 0 bridgehead atoms. The van der Waals surface area contributed by atoms with Crippen LogP contribution in [0.15, 0.2) is 72.8 Å². The molecule has 3 aromatic carbocycles. The fourth-order valence-corrected chi connectivity index (χ4v) is 4.76. The zero-order valence-corrected chi connectivity index (χ0v) is 21.6. The molecule has 2 heterocycles. The molecule has 1 saturated heterocycles. The van der Waals surface area contributed by atoms with Crippen LogP contribution in [0.3, 0.4) is 0 Å². The van der Waals surface area contributed by atoms with E-state index in [0.717, 1.165) is 48.7 Å². The van der Waals surface area contributed by atoms with Gasteiger partial charge in [-0.15, -0.1) is 0 Å². The van der Waals surface area contributed by atoms with Crippen LogP contribution in [0, 0.1) is 11.3 Å². The number of nitriles is 1. The lowest BCUT2D eigenvalue weighted by molar-refractivity contribution is -0.119. The molecule has 192 valence electrons. The second-order valence-corrected chi connectivity index (χ2v) is 9.65. The first-order chi connectivity index (χ1) is 18.4. The molecule has 0 aromatic heterocycles. The number of hydrogen-bond donors (Lipinski definition) is 2. The monoisotopic (exact) mass is 506 g/mol. The third-order valence-corrected chi connectivity index (χ3v) is 7.04. The van der Waals surface area contributed by atoms with Crippen molar-refractivity contribution in [3.05, 3.63) is 89.5 Å². The molecule has 0 aliphatic carbocycles. The Morgan fingerprint density at radius 1 is 1.03 bits per heavy atom. The second-order valence-electron chi connectivity index (χ2n) is 9.65. The SMILES string of the molecule is CN1CCN(CC(=O)N(C)c2cccc(N/C(=C3\C(=O)Nc4cc(C#N)ccc43)c3ccccc3)c2)CC1. The van der Waals surface area contributed by atoms with Gasteiger partial charge in [-0.3, -0.25) is 14.5 Å². The Kier molecular flexibility index (Phi) is 7.22. The summed E-state index contributed by atoms with van der Waals surface area (Å²) in [5, 5.41) is 15.6. The Morgan fingerprint density at radius 3 is 2.53 bits per heavy atom. The van der Waals surface area contributed by atoms with E-state index in [1.165, 1.54) is 0 Å². The van der Waals surface area contributed by atoms with E-state index in [2.05, 4.69) is 33.6 Å². The van der Waals surface area contributed by atoms with E-state index >= 15 is 0 Å². The maximum atomic E-state index is 13.2. The van der Waals surface area contributed by atoms with E-state index in [9.17, 15) is 14.9 Å². The number of rotatable bonds is 6. The van der Waals surface area contributed by atoms with Gasteiger partial charge in [0.2, 0.25) is 5.91 Å². The highest BCUT2D eigenvalue weighted by Crippen LogP contribution is 2.38. The number of fused-ring (bicyclic) bond motifs is 1. The van der Waals surface area contributed by atoms with Crippen molar-refractivity contribution in [2.24, 2.45) is 0 Å². The van der Waals surface area contributed by atoms with Crippen molar-refractivity contribution >= 4 is 40.1 Å². The first-order valence-electron chi connectivity index (χ1n) is 12.6. The Bertz CT molecular complexity index is 1430. The van der Waals surface area contributed by atoms with Crippen molar-refractivity contribution in [1.29, 1.82) is 5.26 Å². The quantitative estimate of drug-likeness (QED) is 0.496. The average Bonchev–Trinajstić information content (AvgIpc) is 3.27. The van der Waals surface area contributed by atoms with E-state index in [-0.39, 0.29) is 11.8 Å². The largest absolute Gasteiger partial charge is 0.354 e. The molecule has 2 aliphatic rings. The number of carbonyl (C=O) groups excluding carboxylic acids is 2. The lowest BCUT2D eigenvalue weighted by Gasteiger charge is -2.32. The van der Waals surface area contributed by atoms with Crippen molar-refractivity contribution in [2.75, 3.05) is 62.4 Å². The van der Waals surface area contributed by atoms with E-state index < -0.39 is 0 Å². The normalized spacial score (nSPS) is 16.8. The van der Waals surface area contributed by atoms with Crippen molar-refractivity contribution < 1.29 is 9.59 Å². The van der Waals surface area contributed by atoms with Crippen LogP contribution in [-0.4, -0.2) is 68.4 Å². The summed E-state index contributed by atoms with van der Waals surface area (Å²) in [5.41, 5.74) is 5.34. The molecule has 0 atom stereocenters. The Balaban J connectivity index is 1.44. The number of carbonyl (C=O) groups is 2. The van der Waals surface area contributed by atoms with Crippen LogP contribution in [0.2, 0.25) is 0 Å². The maximum absolute atomic E-state index is 13.2. The summed E-state index contributed by atoms with van der Waals surface area (Å²) >= 11 is 0. The van der Waals surface area contributed by atoms with Crippen LogP contribution >= 0.6 is 0 Å². The van der Waals surface area contributed by atoms with Crippen molar-refractivity contribution in [2.45, 2.75) is 0 Å². The third kappa shape index (κ3) is 5.30.